The lowest BCUT2D eigenvalue weighted by Gasteiger charge is -2.22. The van der Waals surface area contributed by atoms with Crippen LogP contribution in [-0.2, 0) is 9.53 Å². The second-order valence-electron chi connectivity index (χ2n) is 7.13. The van der Waals surface area contributed by atoms with Gasteiger partial charge in [-0.25, -0.2) is 4.79 Å². The number of alkyl carbamates (subject to hydrolysis) is 1. The number of nitrogens with one attached hydrogen (secondary N) is 2. The second-order valence-corrected chi connectivity index (χ2v) is 7.13. The Morgan fingerprint density at radius 1 is 1.00 bits per heavy atom. The molecule has 0 heterocycles. The van der Waals surface area contributed by atoms with Crippen molar-refractivity contribution in [3.8, 4) is 17.2 Å². The Balaban J connectivity index is 2.05. The van der Waals surface area contributed by atoms with Gasteiger partial charge in [0.1, 0.15) is 23.1 Å². The van der Waals surface area contributed by atoms with Crippen LogP contribution in [0.1, 0.15) is 27.7 Å². The molecule has 0 spiro atoms. The van der Waals surface area contributed by atoms with E-state index in [0.29, 0.717) is 22.9 Å². The van der Waals surface area contributed by atoms with E-state index in [0.717, 1.165) is 0 Å². The van der Waals surface area contributed by atoms with Crippen molar-refractivity contribution in [1.29, 1.82) is 0 Å². The van der Waals surface area contributed by atoms with Gasteiger partial charge in [-0.1, -0.05) is 18.2 Å². The average molecular weight is 386 g/mol. The van der Waals surface area contributed by atoms with Gasteiger partial charge in [0.05, 0.1) is 12.8 Å². The fourth-order valence-electron chi connectivity index (χ4n) is 2.24. The molecule has 7 nitrogen and oxygen atoms in total. The quantitative estimate of drug-likeness (QED) is 0.771. The molecule has 0 saturated heterocycles. The maximum absolute atomic E-state index is 12.5. The lowest BCUT2D eigenvalue weighted by molar-refractivity contribution is -0.117. The fraction of sp³-hybridized carbons (Fsp3) is 0.333. The molecule has 0 aliphatic carbocycles. The van der Waals surface area contributed by atoms with Crippen LogP contribution < -0.4 is 20.1 Å². The van der Waals surface area contributed by atoms with E-state index in [4.69, 9.17) is 14.2 Å². The smallest absolute Gasteiger partial charge is 0.408 e. The van der Waals surface area contributed by atoms with E-state index in [9.17, 15) is 9.59 Å². The molecule has 0 radical (unpaired) electrons. The summed E-state index contributed by atoms with van der Waals surface area (Å²) < 4.78 is 16.2. The highest BCUT2D eigenvalue weighted by Gasteiger charge is 2.21. The molecule has 2 N–H and O–H groups in total. The number of benzene rings is 2. The lowest BCUT2D eigenvalue weighted by Crippen LogP contribution is -2.44. The van der Waals surface area contributed by atoms with Gasteiger partial charge in [-0.3, -0.25) is 4.79 Å². The molecule has 2 rings (SSSR count). The van der Waals surface area contributed by atoms with Crippen molar-refractivity contribution in [3.63, 3.8) is 0 Å². The lowest BCUT2D eigenvalue weighted by atomic mass is 10.2. The molecule has 7 heteroatoms. The van der Waals surface area contributed by atoms with Gasteiger partial charge in [0.15, 0.2) is 5.75 Å². The highest BCUT2D eigenvalue weighted by Crippen LogP contribution is 2.31. The predicted octanol–water partition coefficient (Wildman–Crippen LogP) is 4.34. The summed E-state index contributed by atoms with van der Waals surface area (Å²) in [6.45, 7) is 6.83. The molecule has 150 valence electrons. The van der Waals surface area contributed by atoms with E-state index in [1.807, 2.05) is 12.1 Å². The first-order valence-electron chi connectivity index (χ1n) is 8.89. The van der Waals surface area contributed by atoms with Crippen LogP contribution in [0.15, 0.2) is 48.5 Å². The van der Waals surface area contributed by atoms with Crippen molar-refractivity contribution in [2.24, 2.45) is 0 Å². The second kappa shape index (κ2) is 9.12. The number of ether oxygens (including phenoxy) is 3. The van der Waals surface area contributed by atoms with Gasteiger partial charge in [0, 0.05) is 6.07 Å². The maximum atomic E-state index is 12.5. The number of rotatable bonds is 6. The van der Waals surface area contributed by atoms with Gasteiger partial charge in [-0.15, -0.1) is 0 Å². The van der Waals surface area contributed by atoms with Crippen LogP contribution in [0.5, 0.6) is 17.2 Å². The summed E-state index contributed by atoms with van der Waals surface area (Å²) >= 11 is 0. The van der Waals surface area contributed by atoms with Crippen LogP contribution in [-0.4, -0.2) is 30.8 Å². The minimum atomic E-state index is -0.792. The molecular formula is C21H26N2O5. The molecule has 1 atom stereocenters. The number of carbonyl (C=O) groups is 2. The SMILES string of the molecule is COc1cccc(Oc2ccccc2NC(=O)[C@H](C)NC(=O)OC(C)(C)C)c1. The van der Waals surface area contributed by atoms with Crippen LogP contribution in [0.4, 0.5) is 10.5 Å². The third-order valence-corrected chi connectivity index (χ3v) is 3.54. The summed E-state index contributed by atoms with van der Waals surface area (Å²) in [6.07, 6.45) is -0.656. The molecule has 0 bridgehead atoms. The highest BCUT2D eigenvalue weighted by atomic mass is 16.6. The molecular weight excluding hydrogens is 360 g/mol. The molecule has 0 saturated carbocycles. The first kappa shape index (κ1) is 21.1. The molecule has 0 unspecified atom stereocenters. The van der Waals surface area contributed by atoms with Crippen LogP contribution in [0.3, 0.4) is 0 Å². The monoisotopic (exact) mass is 386 g/mol. The number of para-hydroxylation sites is 2. The van der Waals surface area contributed by atoms with E-state index in [1.165, 1.54) is 0 Å². The van der Waals surface area contributed by atoms with Gasteiger partial charge in [0.2, 0.25) is 5.91 Å². The molecule has 0 aromatic heterocycles. The number of methoxy groups -OCH3 is 1. The van der Waals surface area contributed by atoms with Crippen LogP contribution in [0.25, 0.3) is 0 Å². The highest BCUT2D eigenvalue weighted by molar-refractivity contribution is 5.97. The number of hydrogen-bond acceptors (Lipinski definition) is 5. The Morgan fingerprint density at radius 3 is 2.36 bits per heavy atom. The zero-order valence-electron chi connectivity index (χ0n) is 16.7. The van der Waals surface area contributed by atoms with Gasteiger partial charge in [0.25, 0.3) is 0 Å². The molecule has 0 fully saturated rings. The summed E-state index contributed by atoms with van der Waals surface area (Å²) in [5.74, 6) is 1.30. The molecule has 2 amide bonds. The third-order valence-electron chi connectivity index (χ3n) is 3.54. The summed E-state index contributed by atoms with van der Waals surface area (Å²) in [5, 5.41) is 5.27. The maximum Gasteiger partial charge on any atom is 0.408 e. The Labute approximate surface area is 165 Å². The van der Waals surface area contributed by atoms with Crippen molar-refractivity contribution in [3.05, 3.63) is 48.5 Å². The molecule has 2 aromatic carbocycles. The fourth-order valence-corrected chi connectivity index (χ4v) is 2.24. The summed E-state index contributed by atoms with van der Waals surface area (Å²) in [6, 6.07) is 13.4. The van der Waals surface area contributed by atoms with E-state index in [1.54, 1.807) is 71.2 Å². The summed E-state index contributed by atoms with van der Waals surface area (Å²) in [5.41, 5.74) is -0.162. The van der Waals surface area contributed by atoms with Crippen molar-refractivity contribution in [1.82, 2.24) is 5.32 Å². The van der Waals surface area contributed by atoms with E-state index >= 15 is 0 Å². The average Bonchev–Trinajstić information content (AvgIpc) is 2.61. The van der Waals surface area contributed by atoms with E-state index in [-0.39, 0.29) is 0 Å². The summed E-state index contributed by atoms with van der Waals surface area (Å²) in [4.78, 5) is 24.3. The van der Waals surface area contributed by atoms with Crippen LogP contribution >= 0.6 is 0 Å². The van der Waals surface area contributed by atoms with Crippen molar-refractivity contribution >= 4 is 17.7 Å². The van der Waals surface area contributed by atoms with Crippen molar-refractivity contribution < 1.29 is 23.8 Å². The first-order valence-corrected chi connectivity index (χ1v) is 8.89. The van der Waals surface area contributed by atoms with Crippen molar-refractivity contribution in [2.45, 2.75) is 39.3 Å². The minimum absolute atomic E-state index is 0.396. The topological polar surface area (TPSA) is 85.9 Å². The van der Waals surface area contributed by atoms with Crippen molar-refractivity contribution in [2.75, 3.05) is 12.4 Å². The zero-order valence-corrected chi connectivity index (χ0v) is 16.7. The van der Waals surface area contributed by atoms with Crippen LogP contribution in [0, 0.1) is 0 Å². The van der Waals surface area contributed by atoms with Gasteiger partial charge >= 0.3 is 6.09 Å². The number of carbonyl (C=O) groups excluding carboxylic acids is 2. The van der Waals surface area contributed by atoms with Gasteiger partial charge in [-0.05, 0) is 52.0 Å². The predicted molar refractivity (Wildman–Crippen MR) is 107 cm³/mol. The number of hydrogen-bond donors (Lipinski definition) is 2. The molecule has 2 aromatic rings. The van der Waals surface area contributed by atoms with Gasteiger partial charge in [-0.2, -0.15) is 0 Å². The number of amides is 2. The standard InChI is InChI=1S/C21H26N2O5/c1-14(22-20(25)28-21(2,3)4)19(24)23-17-11-6-7-12-18(17)27-16-10-8-9-15(13-16)26-5/h6-14H,1-5H3,(H,22,25)(H,23,24)/t14-/m0/s1. The first-order chi connectivity index (χ1) is 13.2. The third kappa shape index (κ3) is 6.50. The Kier molecular flexibility index (Phi) is 6.87. The van der Waals surface area contributed by atoms with E-state index < -0.39 is 23.6 Å². The van der Waals surface area contributed by atoms with Gasteiger partial charge < -0.3 is 24.8 Å². The molecule has 0 aliphatic heterocycles. The molecule has 0 aliphatic rings. The molecule has 28 heavy (non-hydrogen) atoms. The number of anilines is 1. The normalized spacial score (nSPS) is 11.9. The van der Waals surface area contributed by atoms with Crippen LogP contribution in [0.2, 0.25) is 0 Å². The Hall–Kier alpha value is -3.22. The zero-order chi connectivity index (χ0) is 20.7. The van der Waals surface area contributed by atoms with E-state index in [2.05, 4.69) is 10.6 Å². The Morgan fingerprint density at radius 2 is 1.68 bits per heavy atom. The Bertz CT molecular complexity index is 830. The minimum Gasteiger partial charge on any atom is -0.497 e. The summed E-state index contributed by atoms with van der Waals surface area (Å²) in [7, 11) is 1.58. The largest absolute Gasteiger partial charge is 0.497 e.